The topological polar surface area (TPSA) is 104 Å². The van der Waals surface area contributed by atoms with Crippen molar-refractivity contribution in [3.05, 3.63) is 0 Å². The number of unbranched alkanes of at least 4 members (excludes halogenated alkanes) is 2. The molecule has 106 valence electrons. The van der Waals surface area contributed by atoms with E-state index in [1.165, 1.54) is 0 Å². The zero-order valence-electron chi connectivity index (χ0n) is 11.5. The molecule has 0 aliphatic heterocycles. The largest absolute Gasteiger partial charge is 0.480 e. The monoisotopic (exact) mass is 259 g/mol. The van der Waals surface area contributed by atoms with Gasteiger partial charge in [0.1, 0.15) is 5.54 Å². The Hall–Kier alpha value is -1.14. The van der Waals surface area contributed by atoms with Gasteiger partial charge in [0.2, 0.25) is 5.91 Å². The summed E-state index contributed by atoms with van der Waals surface area (Å²) in [5, 5.41) is 14.7. The average molecular weight is 259 g/mol. The quantitative estimate of drug-likeness (QED) is 0.416. The molecule has 6 nitrogen and oxygen atoms in total. The maximum absolute atomic E-state index is 11.0. The molecule has 0 radical (unpaired) electrons. The Kier molecular flexibility index (Phi) is 7.54. The Morgan fingerprint density at radius 3 is 2.28 bits per heavy atom. The molecule has 6 heteroatoms. The summed E-state index contributed by atoms with van der Waals surface area (Å²) in [7, 11) is 3.36. The molecular weight excluding hydrogens is 234 g/mol. The molecule has 1 amide bonds. The highest BCUT2D eigenvalue weighted by atomic mass is 16.4. The minimum Gasteiger partial charge on any atom is -0.480 e. The third-order valence-electron chi connectivity index (χ3n) is 3.39. The number of rotatable bonds is 10. The van der Waals surface area contributed by atoms with Crippen LogP contribution < -0.4 is 16.4 Å². The third kappa shape index (κ3) is 5.46. The average Bonchev–Trinajstić information content (AvgIpc) is 2.32. The summed E-state index contributed by atoms with van der Waals surface area (Å²) in [5.41, 5.74) is 4.33. The van der Waals surface area contributed by atoms with Crippen LogP contribution in [0.1, 0.15) is 39.0 Å². The fourth-order valence-corrected chi connectivity index (χ4v) is 1.77. The first-order valence-corrected chi connectivity index (χ1v) is 6.26. The molecule has 0 fully saturated rings. The second-order valence-corrected chi connectivity index (χ2v) is 4.73. The lowest BCUT2D eigenvalue weighted by Gasteiger charge is -2.24. The maximum Gasteiger partial charge on any atom is 0.323 e. The van der Waals surface area contributed by atoms with Gasteiger partial charge in [0, 0.05) is 0 Å². The van der Waals surface area contributed by atoms with Gasteiger partial charge < -0.3 is 21.5 Å². The van der Waals surface area contributed by atoms with Crippen molar-refractivity contribution in [2.45, 2.75) is 50.6 Å². The Balaban J connectivity index is 3.86. The van der Waals surface area contributed by atoms with Crippen LogP contribution in [0.4, 0.5) is 0 Å². The van der Waals surface area contributed by atoms with E-state index >= 15 is 0 Å². The van der Waals surface area contributed by atoms with Crippen LogP contribution in [0.2, 0.25) is 0 Å². The zero-order chi connectivity index (χ0) is 14.2. The number of amides is 1. The van der Waals surface area contributed by atoms with E-state index in [0.29, 0.717) is 12.8 Å². The van der Waals surface area contributed by atoms with E-state index in [1.54, 1.807) is 21.0 Å². The third-order valence-corrected chi connectivity index (χ3v) is 3.39. The van der Waals surface area contributed by atoms with Crippen molar-refractivity contribution in [3.63, 3.8) is 0 Å². The van der Waals surface area contributed by atoms with Crippen molar-refractivity contribution in [2.75, 3.05) is 14.1 Å². The molecule has 2 atom stereocenters. The molecular formula is C12H25N3O3. The van der Waals surface area contributed by atoms with Gasteiger partial charge in [-0.15, -0.1) is 0 Å². The standard InChI is InChI=1S/C12H25N3O3/c1-12(15-3,11(17)18)8-6-4-5-7-9(14-2)10(13)16/h9,14-15H,4-8H2,1-3H3,(H2,13,16)(H,17,18). The second kappa shape index (κ2) is 8.05. The molecule has 18 heavy (non-hydrogen) atoms. The Labute approximate surface area is 108 Å². The first-order valence-electron chi connectivity index (χ1n) is 6.26. The summed E-state index contributed by atoms with van der Waals surface area (Å²) in [4.78, 5) is 22.0. The van der Waals surface area contributed by atoms with Gasteiger partial charge in [0.25, 0.3) is 0 Å². The summed E-state index contributed by atoms with van der Waals surface area (Å²) < 4.78 is 0. The number of carboxylic acid groups (broad SMARTS) is 1. The van der Waals surface area contributed by atoms with E-state index in [9.17, 15) is 9.59 Å². The van der Waals surface area contributed by atoms with E-state index in [4.69, 9.17) is 10.8 Å². The van der Waals surface area contributed by atoms with Gasteiger partial charge in [-0.05, 0) is 33.9 Å². The van der Waals surface area contributed by atoms with E-state index in [0.717, 1.165) is 19.3 Å². The molecule has 0 aromatic heterocycles. The fourth-order valence-electron chi connectivity index (χ4n) is 1.77. The zero-order valence-corrected chi connectivity index (χ0v) is 11.5. The summed E-state index contributed by atoms with van der Waals surface area (Å²) in [6.45, 7) is 1.68. The van der Waals surface area contributed by atoms with Crippen molar-refractivity contribution in [1.82, 2.24) is 10.6 Å². The molecule has 0 aliphatic rings. The number of nitrogens with one attached hydrogen (secondary N) is 2. The number of nitrogens with two attached hydrogens (primary N) is 1. The summed E-state index contributed by atoms with van der Waals surface area (Å²) in [6, 6.07) is -0.292. The SMILES string of the molecule is CNC(CCCCCC(C)(NC)C(=O)O)C(N)=O. The number of hydrogen-bond acceptors (Lipinski definition) is 4. The number of carboxylic acids is 1. The van der Waals surface area contributed by atoms with Crippen LogP contribution in [0.25, 0.3) is 0 Å². The Bertz CT molecular complexity index is 284. The van der Waals surface area contributed by atoms with Gasteiger partial charge in [-0.3, -0.25) is 9.59 Å². The number of aliphatic carboxylic acids is 1. The molecule has 5 N–H and O–H groups in total. The van der Waals surface area contributed by atoms with Crippen LogP contribution in [0.3, 0.4) is 0 Å². The summed E-state index contributed by atoms with van der Waals surface area (Å²) in [6.07, 6.45) is 3.80. The first-order chi connectivity index (χ1) is 8.37. The van der Waals surface area contributed by atoms with Crippen LogP contribution in [0.5, 0.6) is 0 Å². The van der Waals surface area contributed by atoms with E-state index < -0.39 is 11.5 Å². The minimum atomic E-state index is -0.869. The number of likely N-dealkylation sites (N-methyl/N-ethyl adjacent to an activating group) is 2. The number of hydrogen-bond donors (Lipinski definition) is 4. The van der Waals surface area contributed by atoms with Gasteiger partial charge >= 0.3 is 5.97 Å². The lowest BCUT2D eigenvalue weighted by Crippen LogP contribution is -2.47. The minimum absolute atomic E-state index is 0.292. The van der Waals surface area contributed by atoms with E-state index in [2.05, 4.69) is 10.6 Å². The number of carbonyl (C=O) groups excluding carboxylic acids is 1. The fraction of sp³-hybridized carbons (Fsp3) is 0.833. The van der Waals surface area contributed by atoms with Crippen molar-refractivity contribution in [3.8, 4) is 0 Å². The van der Waals surface area contributed by atoms with Crippen LogP contribution in [-0.2, 0) is 9.59 Å². The predicted octanol–water partition coefficient (Wildman–Crippen LogP) is 0.0729. The first kappa shape index (κ1) is 16.9. The predicted molar refractivity (Wildman–Crippen MR) is 70.2 cm³/mol. The second-order valence-electron chi connectivity index (χ2n) is 4.73. The van der Waals surface area contributed by atoms with Crippen molar-refractivity contribution < 1.29 is 14.7 Å². The normalized spacial score (nSPS) is 15.9. The molecule has 0 saturated heterocycles. The van der Waals surface area contributed by atoms with Gasteiger partial charge in [-0.25, -0.2) is 0 Å². The highest BCUT2D eigenvalue weighted by Gasteiger charge is 2.30. The smallest absolute Gasteiger partial charge is 0.323 e. The highest BCUT2D eigenvalue weighted by molar-refractivity contribution is 5.79. The lowest BCUT2D eigenvalue weighted by molar-refractivity contribution is -0.144. The van der Waals surface area contributed by atoms with E-state index in [1.807, 2.05) is 0 Å². The lowest BCUT2D eigenvalue weighted by atomic mass is 9.94. The van der Waals surface area contributed by atoms with E-state index in [-0.39, 0.29) is 11.9 Å². The van der Waals surface area contributed by atoms with Crippen LogP contribution in [0, 0.1) is 0 Å². The van der Waals surface area contributed by atoms with Gasteiger partial charge in [-0.2, -0.15) is 0 Å². The number of carbonyl (C=O) groups is 2. The molecule has 0 bridgehead atoms. The number of primary amides is 1. The molecule has 0 saturated carbocycles. The van der Waals surface area contributed by atoms with Crippen LogP contribution in [-0.4, -0.2) is 42.7 Å². The van der Waals surface area contributed by atoms with Crippen LogP contribution >= 0.6 is 0 Å². The highest BCUT2D eigenvalue weighted by Crippen LogP contribution is 2.15. The van der Waals surface area contributed by atoms with Gasteiger partial charge in [-0.1, -0.05) is 19.3 Å². The summed E-state index contributed by atoms with van der Waals surface area (Å²) in [5.74, 6) is -1.18. The molecule has 0 heterocycles. The molecule has 2 unspecified atom stereocenters. The summed E-state index contributed by atoms with van der Waals surface area (Å²) >= 11 is 0. The Morgan fingerprint density at radius 2 is 1.89 bits per heavy atom. The molecule has 0 aliphatic carbocycles. The van der Waals surface area contributed by atoms with Gasteiger partial charge in [0.15, 0.2) is 0 Å². The molecule has 0 aromatic carbocycles. The van der Waals surface area contributed by atoms with Crippen molar-refractivity contribution >= 4 is 11.9 Å². The Morgan fingerprint density at radius 1 is 1.28 bits per heavy atom. The van der Waals surface area contributed by atoms with Crippen molar-refractivity contribution in [2.24, 2.45) is 5.73 Å². The van der Waals surface area contributed by atoms with Crippen LogP contribution in [0.15, 0.2) is 0 Å². The maximum atomic E-state index is 11.0. The molecule has 0 aromatic rings. The molecule has 0 spiro atoms. The van der Waals surface area contributed by atoms with Crippen molar-refractivity contribution in [1.29, 1.82) is 0 Å². The van der Waals surface area contributed by atoms with Gasteiger partial charge in [0.05, 0.1) is 6.04 Å². The molecule has 0 rings (SSSR count).